The molecule has 0 aromatic heterocycles. The summed E-state index contributed by atoms with van der Waals surface area (Å²) in [5.74, 6) is 0.0844. The summed E-state index contributed by atoms with van der Waals surface area (Å²) in [5, 5.41) is 12.7. The Hall–Kier alpha value is -0.130. The lowest BCUT2D eigenvalue weighted by Gasteiger charge is -2.23. The molecule has 1 unspecified atom stereocenters. The minimum Gasteiger partial charge on any atom is -0.391 e. The molecule has 5 heteroatoms. The molecule has 2 N–H and O–H groups in total. The maximum absolute atomic E-state index is 11.6. The minimum absolute atomic E-state index is 0.104. The van der Waals surface area contributed by atoms with E-state index in [1.54, 1.807) is 0 Å². The van der Waals surface area contributed by atoms with Gasteiger partial charge in [0.15, 0.2) is 9.84 Å². The number of aliphatic hydroxyl groups is 1. The highest BCUT2D eigenvalue weighted by molar-refractivity contribution is 7.91. The van der Waals surface area contributed by atoms with Crippen molar-refractivity contribution in [2.75, 3.05) is 18.1 Å². The van der Waals surface area contributed by atoms with Crippen molar-refractivity contribution < 1.29 is 13.5 Å². The van der Waals surface area contributed by atoms with E-state index in [2.05, 4.69) is 5.32 Å². The van der Waals surface area contributed by atoms with Gasteiger partial charge in [0.05, 0.1) is 17.6 Å². The number of β-amino-alcohol motifs (C(OH)–C–C–N with tert-alkyl or cyclic N) is 1. The predicted molar refractivity (Wildman–Crippen MR) is 67.3 cm³/mol. The first-order valence-electron chi connectivity index (χ1n) is 5.65. The Bertz CT molecular complexity index is 291. The normalized spacial score (nSPS) is 15.4. The van der Waals surface area contributed by atoms with E-state index in [9.17, 15) is 13.5 Å². The maximum atomic E-state index is 11.6. The average Bonchev–Trinajstić information content (AvgIpc) is 1.95. The predicted octanol–water partition coefficient (Wildman–Crippen LogP) is 0.806. The van der Waals surface area contributed by atoms with Crippen molar-refractivity contribution in [3.05, 3.63) is 0 Å². The van der Waals surface area contributed by atoms with Crippen LogP contribution in [0.1, 0.15) is 34.6 Å². The quantitative estimate of drug-likeness (QED) is 0.733. The van der Waals surface area contributed by atoms with Crippen molar-refractivity contribution in [3.8, 4) is 0 Å². The molecular formula is C11H25NO3S. The summed E-state index contributed by atoms with van der Waals surface area (Å²) < 4.78 is 23.2. The Morgan fingerprint density at radius 3 is 2.06 bits per heavy atom. The molecule has 0 spiro atoms. The van der Waals surface area contributed by atoms with Gasteiger partial charge in [0.25, 0.3) is 0 Å². The monoisotopic (exact) mass is 251 g/mol. The van der Waals surface area contributed by atoms with Gasteiger partial charge in [0, 0.05) is 12.1 Å². The van der Waals surface area contributed by atoms with Crippen molar-refractivity contribution in [1.82, 2.24) is 5.32 Å². The van der Waals surface area contributed by atoms with E-state index < -0.39 is 15.9 Å². The fourth-order valence-electron chi connectivity index (χ4n) is 1.35. The lowest BCUT2D eigenvalue weighted by molar-refractivity contribution is 0.181. The Labute approximate surface area is 99.4 Å². The van der Waals surface area contributed by atoms with Crippen molar-refractivity contribution in [2.45, 2.75) is 46.3 Å². The second-order valence-electron chi connectivity index (χ2n) is 5.76. The number of sulfone groups is 1. The van der Waals surface area contributed by atoms with Gasteiger partial charge in [-0.05, 0) is 26.7 Å². The first kappa shape index (κ1) is 15.9. The van der Waals surface area contributed by atoms with E-state index in [0.717, 1.165) is 0 Å². The molecule has 0 bridgehead atoms. The molecule has 0 heterocycles. The molecule has 0 aliphatic carbocycles. The number of hydrogen-bond acceptors (Lipinski definition) is 4. The fourth-order valence-corrected chi connectivity index (χ4v) is 3.21. The third-order valence-electron chi connectivity index (χ3n) is 1.90. The average molecular weight is 251 g/mol. The topological polar surface area (TPSA) is 66.4 Å². The molecule has 0 saturated heterocycles. The molecule has 4 nitrogen and oxygen atoms in total. The van der Waals surface area contributed by atoms with Crippen LogP contribution in [0.3, 0.4) is 0 Å². The second-order valence-corrected chi connectivity index (χ2v) is 7.91. The van der Waals surface area contributed by atoms with Gasteiger partial charge in [-0.3, -0.25) is 0 Å². The molecule has 0 amide bonds. The molecule has 0 radical (unpaired) electrons. The van der Waals surface area contributed by atoms with E-state index in [-0.39, 0.29) is 23.0 Å². The van der Waals surface area contributed by atoms with Crippen LogP contribution in [0.4, 0.5) is 0 Å². The van der Waals surface area contributed by atoms with Crippen LogP contribution in [0.25, 0.3) is 0 Å². The van der Waals surface area contributed by atoms with Crippen molar-refractivity contribution in [1.29, 1.82) is 0 Å². The number of hydrogen-bond donors (Lipinski definition) is 2. The van der Waals surface area contributed by atoms with Crippen LogP contribution < -0.4 is 5.32 Å². The molecule has 98 valence electrons. The summed E-state index contributed by atoms with van der Waals surface area (Å²) in [5.41, 5.74) is -0.108. The smallest absolute Gasteiger partial charge is 0.153 e. The molecule has 0 aliphatic rings. The lowest BCUT2D eigenvalue weighted by Crippen LogP contribution is -2.43. The van der Waals surface area contributed by atoms with Gasteiger partial charge in [-0.25, -0.2) is 8.42 Å². The summed E-state index contributed by atoms with van der Waals surface area (Å²) in [6, 6.07) is 0. The van der Waals surface area contributed by atoms with E-state index in [1.165, 1.54) is 0 Å². The molecular weight excluding hydrogens is 226 g/mol. The van der Waals surface area contributed by atoms with E-state index in [4.69, 9.17) is 0 Å². The molecule has 16 heavy (non-hydrogen) atoms. The van der Waals surface area contributed by atoms with E-state index >= 15 is 0 Å². The molecule has 0 aliphatic heterocycles. The van der Waals surface area contributed by atoms with Gasteiger partial charge >= 0.3 is 0 Å². The van der Waals surface area contributed by atoms with Gasteiger partial charge in [0.2, 0.25) is 0 Å². The van der Waals surface area contributed by atoms with Crippen LogP contribution in [-0.4, -0.2) is 43.2 Å². The van der Waals surface area contributed by atoms with Crippen molar-refractivity contribution in [2.24, 2.45) is 5.92 Å². The van der Waals surface area contributed by atoms with Crippen molar-refractivity contribution in [3.63, 3.8) is 0 Å². The summed E-state index contributed by atoms with van der Waals surface area (Å²) in [6.07, 6.45) is -0.831. The standard InChI is InChI=1S/C11H25NO3S/c1-9(2)7-16(14,15)8-10(13)6-12-11(3,4)5/h9-10,12-13H,6-8H2,1-5H3. The van der Waals surface area contributed by atoms with Gasteiger partial charge < -0.3 is 10.4 Å². The van der Waals surface area contributed by atoms with E-state index in [1.807, 2.05) is 34.6 Å². The number of aliphatic hydroxyl groups excluding tert-OH is 1. The molecule has 0 aromatic carbocycles. The molecule has 0 aromatic rings. The lowest BCUT2D eigenvalue weighted by atomic mass is 10.1. The summed E-state index contributed by atoms with van der Waals surface area (Å²) in [6.45, 7) is 9.95. The van der Waals surface area contributed by atoms with Gasteiger partial charge in [-0.15, -0.1) is 0 Å². The number of rotatable bonds is 6. The Kier molecular flexibility index (Phi) is 5.93. The highest BCUT2D eigenvalue weighted by atomic mass is 32.2. The molecule has 0 fully saturated rings. The summed E-state index contributed by atoms with van der Waals surface area (Å²) in [4.78, 5) is 0. The van der Waals surface area contributed by atoms with Crippen LogP contribution in [0.2, 0.25) is 0 Å². The van der Waals surface area contributed by atoms with Crippen LogP contribution >= 0.6 is 0 Å². The zero-order valence-corrected chi connectivity index (χ0v) is 11.8. The summed E-state index contributed by atoms with van der Waals surface area (Å²) >= 11 is 0. The highest BCUT2D eigenvalue weighted by Crippen LogP contribution is 2.04. The first-order valence-corrected chi connectivity index (χ1v) is 7.47. The highest BCUT2D eigenvalue weighted by Gasteiger charge is 2.20. The molecule has 1 atom stereocenters. The Morgan fingerprint density at radius 2 is 1.69 bits per heavy atom. The van der Waals surface area contributed by atoms with Gasteiger partial charge in [-0.1, -0.05) is 13.8 Å². The SMILES string of the molecule is CC(C)CS(=O)(=O)CC(O)CNC(C)(C)C. The summed E-state index contributed by atoms with van der Waals surface area (Å²) in [7, 11) is -3.14. The van der Waals surface area contributed by atoms with Gasteiger partial charge in [-0.2, -0.15) is 0 Å². The zero-order chi connectivity index (χ0) is 13.0. The van der Waals surface area contributed by atoms with Crippen LogP contribution in [0, 0.1) is 5.92 Å². The van der Waals surface area contributed by atoms with Crippen LogP contribution in [0.15, 0.2) is 0 Å². The fraction of sp³-hybridized carbons (Fsp3) is 1.00. The Balaban J connectivity index is 4.10. The minimum atomic E-state index is -3.14. The van der Waals surface area contributed by atoms with E-state index in [0.29, 0.717) is 6.54 Å². The number of nitrogens with one attached hydrogen (secondary N) is 1. The zero-order valence-electron chi connectivity index (χ0n) is 10.9. The van der Waals surface area contributed by atoms with Gasteiger partial charge in [0.1, 0.15) is 0 Å². The van der Waals surface area contributed by atoms with Crippen molar-refractivity contribution >= 4 is 9.84 Å². The molecule has 0 saturated carbocycles. The third kappa shape index (κ3) is 9.12. The third-order valence-corrected chi connectivity index (χ3v) is 3.97. The molecule has 0 rings (SSSR count). The van der Waals surface area contributed by atoms with Crippen LogP contribution in [0.5, 0.6) is 0 Å². The second kappa shape index (κ2) is 5.98. The largest absolute Gasteiger partial charge is 0.391 e. The van der Waals surface area contributed by atoms with Crippen LogP contribution in [-0.2, 0) is 9.84 Å². The first-order chi connectivity index (χ1) is 7.02. The maximum Gasteiger partial charge on any atom is 0.153 e. The Morgan fingerprint density at radius 1 is 1.19 bits per heavy atom.